The number of Topliss-reactive ketones (excluding diaryl/α,β-unsaturated/α-hetero) is 2. The van der Waals surface area contributed by atoms with Gasteiger partial charge in [-0.25, -0.2) is 0 Å². The van der Waals surface area contributed by atoms with E-state index in [0.717, 1.165) is 32.1 Å². The number of ketones is 2. The maximum Gasteiger partial charge on any atom is 0.293 e. The van der Waals surface area contributed by atoms with Crippen molar-refractivity contribution in [3.05, 3.63) is 0 Å². The number of rotatable bonds is 19. The minimum Gasteiger partial charge on any atom is -0.468 e. The van der Waals surface area contributed by atoms with Gasteiger partial charge in [0.15, 0.2) is 0 Å². The molecule has 0 aliphatic rings. The SMILES string of the molecule is CCCCCCCCCC(=O)CCCCC(=O)CCCCOC=O. The Kier molecular flexibility index (Phi) is 17.3. The lowest BCUT2D eigenvalue weighted by atomic mass is 10.0. The van der Waals surface area contributed by atoms with Crippen LogP contribution in [-0.2, 0) is 19.1 Å². The third-order valence-corrected chi connectivity index (χ3v) is 4.26. The van der Waals surface area contributed by atoms with Crippen LogP contribution in [0.4, 0.5) is 0 Å². The fourth-order valence-corrected chi connectivity index (χ4v) is 2.73. The molecule has 24 heavy (non-hydrogen) atoms. The summed E-state index contributed by atoms with van der Waals surface area (Å²) in [5.74, 6) is 0.600. The molecule has 4 nitrogen and oxygen atoms in total. The van der Waals surface area contributed by atoms with Crippen molar-refractivity contribution >= 4 is 18.0 Å². The lowest BCUT2D eigenvalue weighted by molar-refractivity contribution is -0.128. The molecule has 0 radical (unpaired) electrons. The van der Waals surface area contributed by atoms with Crippen molar-refractivity contribution in [2.45, 2.75) is 103 Å². The largest absolute Gasteiger partial charge is 0.468 e. The summed E-state index contributed by atoms with van der Waals surface area (Å²) in [6.45, 7) is 3.05. The second kappa shape index (κ2) is 18.2. The van der Waals surface area contributed by atoms with Gasteiger partial charge in [-0.15, -0.1) is 0 Å². The fraction of sp³-hybridized carbons (Fsp3) is 0.850. The molecule has 0 heterocycles. The minimum absolute atomic E-state index is 0.251. The van der Waals surface area contributed by atoms with Crippen molar-refractivity contribution in [3.8, 4) is 0 Å². The van der Waals surface area contributed by atoms with Gasteiger partial charge in [0.1, 0.15) is 11.6 Å². The van der Waals surface area contributed by atoms with Crippen LogP contribution in [0.15, 0.2) is 0 Å². The molecule has 0 amide bonds. The van der Waals surface area contributed by atoms with E-state index in [1.807, 2.05) is 0 Å². The fourth-order valence-electron chi connectivity index (χ4n) is 2.73. The van der Waals surface area contributed by atoms with Gasteiger partial charge in [-0.1, -0.05) is 45.4 Å². The normalized spacial score (nSPS) is 10.5. The van der Waals surface area contributed by atoms with Gasteiger partial charge in [0.25, 0.3) is 6.47 Å². The molecule has 0 aromatic rings. The zero-order valence-electron chi connectivity index (χ0n) is 15.5. The Morgan fingerprint density at radius 3 is 1.58 bits per heavy atom. The Morgan fingerprint density at radius 1 is 0.667 bits per heavy atom. The first kappa shape index (κ1) is 22.8. The molecule has 0 atom stereocenters. The van der Waals surface area contributed by atoms with Crippen LogP contribution in [-0.4, -0.2) is 24.6 Å². The van der Waals surface area contributed by atoms with Gasteiger partial charge in [-0.2, -0.15) is 0 Å². The monoisotopic (exact) mass is 340 g/mol. The van der Waals surface area contributed by atoms with Gasteiger partial charge < -0.3 is 4.74 Å². The standard InChI is InChI=1S/C20H36O4/c1-2-3-4-5-6-7-8-13-19(22)14-9-10-15-20(23)16-11-12-17-24-18-21/h18H,2-17H2,1H3. The third-order valence-electron chi connectivity index (χ3n) is 4.26. The predicted molar refractivity (Wildman–Crippen MR) is 97.0 cm³/mol. The van der Waals surface area contributed by atoms with Crippen LogP contribution in [0.5, 0.6) is 0 Å². The van der Waals surface area contributed by atoms with Gasteiger partial charge in [0.05, 0.1) is 6.61 Å². The van der Waals surface area contributed by atoms with E-state index < -0.39 is 0 Å². The summed E-state index contributed by atoms with van der Waals surface area (Å²) in [5.41, 5.74) is 0. The molecule has 0 spiro atoms. The summed E-state index contributed by atoms with van der Waals surface area (Å²) in [4.78, 5) is 33.4. The van der Waals surface area contributed by atoms with Gasteiger partial charge in [-0.05, 0) is 32.1 Å². The Labute approximate surface area is 147 Å². The smallest absolute Gasteiger partial charge is 0.293 e. The summed E-state index contributed by atoms with van der Waals surface area (Å²) < 4.78 is 4.58. The molecule has 140 valence electrons. The highest BCUT2D eigenvalue weighted by Crippen LogP contribution is 2.11. The maximum absolute atomic E-state index is 11.8. The first-order valence-corrected chi connectivity index (χ1v) is 9.79. The molecular weight excluding hydrogens is 304 g/mol. The summed E-state index contributed by atoms with van der Waals surface area (Å²) in [6, 6.07) is 0. The second-order valence-corrected chi connectivity index (χ2v) is 6.58. The van der Waals surface area contributed by atoms with Gasteiger partial charge in [0, 0.05) is 25.7 Å². The van der Waals surface area contributed by atoms with E-state index in [2.05, 4.69) is 11.7 Å². The number of carbonyl (C=O) groups excluding carboxylic acids is 3. The van der Waals surface area contributed by atoms with Gasteiger partial charge in [-0.3, -0.25) is 14.4 Å². The number of hydrogen-bond donors (Lipinski definition) is 0. The number of unbranched alkanes of at least 4 members (excludes halogenated alkanes) is 8. The Hall–Kier alpha value is -1.19. The van der Waals surface area contributed by atoms with Crippen LogP contribution in [0.1, 0.15) is 103 Å². The molecule has 0 rings (SSSR count). The summed E-state index contributed by atoms with van der Waals surface area (Å²) in [5, 5.41) is 0. The first-order chi connectivity index (χ1) is 11.7. The van der Waals surface area contributed by atoms with E-state index in [1.54, 1.807) is 0 Å². The average molecular weight is 341 g/mol. The van der Waals surface area contributed by atoms with Gasteiger partial charge in [0.2, 0.25) is 0 Å². The van der Waals surface area contributed by atoms with Crippen molar-refractivity contribution in [1.82, 2.24) is 0 Å². The van der Waals surface area contributed by atoms with E-state index >= 15 is 0 Å². The van der Waals surface area contributed by atoms with Crippen molar-refractivity contribution in [2.75, 3.05) is 6.61 Å². The van der Waals surface area contributed by atoms with E-state index in [0.29, 0.717) is 44.5 Å². The molecule has 0 saturated heterocycles. The van der Waals surface area contributed by atoms with Crippen molar-refractivity contribution in [1.29, 1.82) is 0 Å². The van der Waals surface area contributed by atoms with Crippen LogP contribution in [0.2, 0.25) is 0 Å². The van der Waals surface area contributed by atoms with Gasteiger partial charge >= 0.3 is 0 Å². The highest BCUT2D eigenvalue weighted by Gasteiger charge is 2.05. The quantitative estimate of drug-likeness (QED) is 0.240. The zero-order chi connectivity index (χ0) is 17.9. The topological polar surface area (TPSA) is 60.4 Å². The lowest BCUT2D eigenvalue weighted by Crippen LogP contribution is -2.01. The summed E-state index contributed by atoms with van der Waals surface area (Å²) >= 11 is 0. The van der Waals surface area contributed by atoms with E-state index in [-0.39, 0.29) is 5.78 Å². The van der Waals surface area contributed by atoms with Crippen LogP contribution in [0.25, 0.3) is 0 Å². The molecule has 0 unspecified atom stereocenters. The highest BCUT2D eigenvalue weighted by molar-refractivity contribution is 5.79. The predicted octanol–water partition coefficient (Wildman–Crippen LogP) is 5.17. The summed E-state index contributed by atoms with van der Waals surface area (Å²) in [6.07, 6.45) is 14.2. The van der Waals surface area contributed by atoms with Crippen molar-refractivity contribution in [2.24, 2.45) is 0 Å². The number of carbonyl (C=O) groups is 3. The van der Waals surface area contributed by atoms with E-state index in [4.69, 9.17) is 0 Å². The van der Waals surface area contributed by atoms with Crippen molar-refractivity contribution in [3.63, 3.8) is 0 Å². The Balaban J connectivity index is 3.32. The average Bonchev–Trinajstić information content (AvgIpc) is 2.58. The molecule has 0 aromatic carbocycles. The van der Waals surface area contributed by atoms with Crippen LogP contribution >= 0.6 is 0 Å². The van der Waals surface area contributed by atoms with E-state index in [1.165, 1.54) is 38.5 Å². The summed E-state index contributed by atoms with van der Waals surface area (Å²) in [7, 11) is 0. The Bertz CT molecular complexity index is 326. The second-order valence-electron chi connectivity index (χ2n) is 6.58. The van der Waals surface area contributed by atoms with Crippen LogP contribution in [0.3, 0.4) is 0 Å². The third kappa shape index (κ3) is 17.2. The first-order valence-electron chi connectivity index (χ1n) is 9.79. The number of hydrogen-bond acceptors (Lipinski definition) is 4. The molecule has 4 heteroatoms. The van der Waals surface area contributed by atoms with Crippen LogP contribution < -0.4 is 0 Å². The molecule has 0 saturated carbocycles. The lowest BCUT2D eigenvalue weighted by Gasteiger charge is -2.03. The number of ether oxygens (including phenoxy) is 1. The Morgan fingerprint density at radius 2 is 1.08 bits per heavy atom. The molecule has 0 N–H and O–H groups in total. The molecule has 0 bridgehead atoms. The molecular formula is C20H36O4. The molecule has 0 aromatic heterocycles. The minimum atomic E-state index is 0.251. The highest BCUT2D eigenvalue weighted by atomic mass is 16.5. The zero-order valence-corrected chi connectivity index (χ0v) is 15.5. The van der Waals surface area contributed by atoms with E-state index in [9.17, 15) is 14.4 Å². The maximum atomic E-state index is 11.8. The van der Waals surface area contributed by atoms with Crippen molar-refractivity contribution < 1.29 is 19.1 Å². The van der Waals surface area contributed by atoms with Crippen LogP contribution in [0, 0.1) is 0 Å². The molecule has 0 aliphatic carbocycles. The molecule has 0 aliphatic heterocycles. The molecule has 0 fully saturated rings.